The molecule has 0 aromatic heterocycles. The molecule has 1 aromatic carbocycles. The lowest BCUT2D eigenvalue weighted by Gasteiger charge is -2.06. The van der Waals surface area contributed by atoms with Gasteiger partial charge in [-0.3, -0.25) is 0 Å². The van der Waals surface area contributed by atoms with Gasteiger partial charge in [-0.1, -0.05) is 42.8 Å². The lowest BCUT2D eigenvalue weighted by Crippen LogP contribution is -2.15. The Morgan fingerprint density at radius 2 is 2.00 bits per heavy atom. The van der Waals surface area contributed by atoms with Crippen molar-refractivity contribution in [2.24, 2.45) is 0 Å². The number of hydrogen-bond donors (Lipinski definition) is 1. The van der Waals surface area contributed by atoms with E-state index in [4.69, 9.17) is 0 Å². The van der Waals surface area contributed by atoms with Crippen LogP contribution in [0.15, 0.2) is 35.9 Å². The van der Waals surface area contributed by atoms with Crippen LogP contribution >= 0.6 is 0 Å². The Hall–Kier alpha value is -1.08. The maximum absolute atomic E-state index is 3.42. The van der Waals surface area contributed by atoms with Crippen LogP contribution in [0.4, 0.5) is 0 Å². The third-order valence-electron chi connectivity index (χ3n) is 2.97. The van der Waals surface area contributed by atoms with E-state index in [1.807, 2.05) is 0 Å². The molecule has 0 aliphatic heterocycles. The van der Waals surface area contributed by atoms with Gasteiger partial charge in [-0.25, -0.2) is 0 Å². The molecule has 0 saturated carbocycles. The minimum Gasteiger partial charge on any atom is -0.316 e. The van der Waals surface area contributed by atoms with E-state index in [0.29, 0.717) is 0 Å². The molecule has 1 N–H and O–H groups in total. The third-order valence-corrected chi connectivity index (χ3v) is 2.97. The Morgan fingerprint density at radius 1 is 1.24 bits per heavy atom. The van der Waals surface area contributed by atoms with E-state index in [0.717, 1.165) is 25.9 Å². The Balaban J connectivity index is 2.36. The van der Waals surface area contributed by atoms with Crippen molar-refractivity contribution in [1.82, 2.24) is 5.32 Å². The summed E-state index contributed by atoms with van der Waals surface area (Å²) in [5.74, 6) is 0. The largest absolute Gasteiger partial charge is 0.316 e. The van der Waals surface area contributed by atoms with Gasteiger partial charge in [0.25, 0.3) is 0 Å². The topological polar surface area (TPSA) is 12.0 Å². The van der Waals surface area contributed by atoms with Crippen LogP contribution in [-0.2, 0) is 6.42 Å². The van der Waals surface area contributed by atoms with Crippen LogP contribution in [0.5, 0.6) is 0 Å². The molecule has 1 heteroatoms. The normalized spacial score (nSPS) is 11.8. The number of allylic oxidation sites excluding steroid dienone is 1. The van der Waals surface area contributed by atoms with Gasteiger partial charge in [0.15, 0.2) is 0 Å². The Labute approximate surface area is 106 Å². The smallest absolute Gasteiger partial charge is 0.00142 e. The molecule has 0 fully saturated rings. The predicted molar refractivity (Wildman–Crippen MR) is 76.4 cm³/mol. The quantitative estimate of drug-likeness (QED) is 0.555. The molecule has 1 aromatic rings. The maximum atomic E-state index is 3.42. The van der Waals surface area contributed by atoms with E-state index in [9.17, 15) is 0 Å². The lowest BCUT2D eigenvalue weighted by atomic mass is 10.0. The van der Waals surface area contributed by atoms with Gasteiger partial charge in [0.2, 0.25) is 0 Å². The minimum absolute atomic E-state index is 1.08. The molecule has 0 amide bonds. The maximum Gasteiger partial charge on any atom is -0.00142 e. The highest BCUT2D eigenvalue weighted by atomic mass is 14.8. The zero-order valence-electron chi connectivity index (χ0n) is 11.4. The van der Waals surface area contributed by atoms with Gasteiger partial charge >= 0.3 is 0 Å². The number of hydrogen-bond acceptors (Lipinski definition) is 1. The molecule has 17 heavy (non-hydrogen) atoms. The second kappa shape index (κ2) is 8.08. The van der Waals surface area contributed by atoms with Crippen molar-refractivity contribution < 1.29 is 0 Å². The van der Waals surface area contributed by atoms with Crippen LogP contribution in [0.2, 0.25) is 0 Å². The minimum atomic E-state index is 1.08. The highest BCUT2D eigenvalue weighted by Crippen LogP contribution is 2.12. The highest BCUT2D eigenvalue weighted by Gasteiger charge is 1.97. The van der Waals surface area contributed by atoms with Crippen LogP contribution in [0.25, 0.3) is 0 Å². The van der Waals surface area contributed by atoms with Gasteiger partial charge in [-0.2, -0.15) is 0 Å². The predicted octanol–water partition coefficient (Wildman–Crippen LogP) is 3.87. The summed E-state index contributed by atoms with van der Waals surface area (Å²) in [6.45, 7) is 8.84. The van der Waals surface area contributed by atoms with E-state index in [-0.39, 0.29) is 0 Å². The fourth-order valence-electron chi connectivity index (χ4n) is 1.90. The van der Waals surface area contributed by atoms with Crippen molar-refractivity contribution in [2.75, 3.05) is 13.1 Å². The summed E-state index contributed by atoms with van der Waals surface area (Å²) in [6.07, 6.45) is 5.79. The molecule has 0 saturated heterocycles. The monoisotopic (exact) mass is 231 g/mol. The lowest BCUT2D eigenvalue weighted by molar-refractivity contribution is 0.677. The van der Waals surface area contributed by atoms with Crippen molar-refractivity contribution in [3.8, 4) is 0 Å². The molecular formula is C16H25N. The van der Waals surface area contributed by atoms with Crippen LogP contribution in [0, 0.1) is 6.92 Å². The molecule has 94 valence electrons. The van der Waals surface area contributed by atoms with E-state index in [1.165, 1.54) is 23.1 Å². The van der Waals surface area contributed by atoms with E-state index in [2.05, 4.69) is 56.4 Å². The fourth-order valence-corrected chi connectivity index (χ4v) is 1.90. The number of nitrogens with one attached hydrogen (secondary N) is 1. The summed E-state index contributed by atoms with van der Waals surface area (Å²) >= 11 is 0. The fraction of sp³-hybridized carbons (Fsp3) is 0.500. The molecule has 0 bridgehead atoms. The Morgan fingerprint density at radius 3 is 2.71 bits per heavy atom. The van der Waals surface area contributed by atoms with Crippen LogP contribution in [0.1, 0.15) is 37.8 Å². The standard InChI is InChI=1S/C16H25N/c1-4-11-17-12-7-8-14(2)13-16-10-6-5-9-15(16)3/h5-6,8-10,17H,4,7,11-13H2,1-3H3. The third kappa shape index (κ3) is 5.69. The van der Waals surface area contributed by atoms with E-state index < -0.39 is 0 Å². The van der Waals surface area contributed by atoms with Crippen LogP contribution in [0.3, 0.4) is 0 Å². The molecule has 0 atom stereocenters. The molecule has 0 radical (unpaired) electrons. The average molecular weight is 231 g/mol. The SMILES string of the molecule is CCCNCCC=C(C)Cc1ccccc1C. The molecule has 0 aliphatic rings. The Kier molecular flexibility index (Phi) is 6.64. The van der Waals surface area contributed by atoms with Crippen molar-refractivity contribution in [3.63, 3.8) is 0 Å². The van der Waals surface area contributed by atoms with E-state index >= 15 is 0 Å². The van der Waals surface area contributed by atoms with Crippen molar-refractivity contribution >= 4 is 0 Å². The highest BCUT2D eigenvalue weighted by molar-refractivity contribution is 5.29. The molecule has 0 unspecified atom stereocenters. The first kappa shape index (κ1) is 14.0. The first-order valence-electron chi connectivity index (χ1n) is 6.65. The summed E-state index contributed by atoms with van der Waals surface area (Å²) in [4.78, 5) is 0. The second-order valence-corrected chi connectivity index (χ2v) is 4.69. The summed E-state index contributed by atoms with van der Waals surface area (Å²) < 4.78 is 0. The molecular weight excluding hydrogens is 206 g/mol. The summed E-state index contributed by atoms with van der Waals surface area (Å²) in [5.41, 5.74) is 4.31. The van der Waals surface area contributed by atoms with Crippen molar-refractivity contribution in [2.45, 2.75) is 40.0 Å². The van der Waals surface area contributed by atoms with E-state index in [1.54, 1.807) is 0 Å². The molecule has 0 aliphatic carbocycles. The second-order valence-electron chi connectivity index (χ2n) is 4.69. The zero-order chi connectivity index (χ0) is 12.5. The van der Waals surface area contributed by atoms with Crippen LogP contribution in [-0.4, -0.2) is 13.1 Å². The van der Waals surface area contributed by atoms with Gasteiger partial charge in [-0.05, 0) is 57.3 Å². The number of aryl methyl sites for hydroxylation is 1. The average Bonchev–Trinajstić information content (AvgIpc) is 2.32. The van der Waals surface area contributed by atoms with Gasteiger partial charge in [-0.15, -0.1) is 0 Å². The number of rotatable bonds is 7. The van der Waals surface area contributed by atoms with Crippen molar-refractivity contribution in [3.05, 3.63) is 47.0 Å². The first-order chi connectivity index (χ1) is 8.24. The number of benzene rings is 1. The molecule has 0 spiro atoms. The summed E-state index contributed by atoms with van der Waals surface area (Å²) in [6, 6.07) is 8.64. The molecule has 0 heterocycles. The van der Waals surface area contributed by atoms with Gasteiger partial charge < -0.3 is 5.32 Å². The summed E-state index contributed by atoms with van der Waals surface area (Å²) in [7, 11) is 0. The van der Waals surface area contributed by atoms with Gasteiger partial charge in [0.1, 0.15) is 0 Å². The first-order valence-corrected chi connectivity index (χ1v) is 6.65. The summed E-state index contributed by atoms with van der Waals surface area (Å²) in [5, 5.41) is 3.42. The van der Waals surface area contributed by atoms with Crippen molar-refractivity contribution in [1.29, 1.82) is 0 Å². The van der Waals surface area contributed by atoms with Gasteiger partial charge in [0.05, 0.1) is 0 Å². The van der Waals surface area contributed by atoms with Crippen LogP contribution < -0.4 is 5.32 Å². The van der Waals surface area contributed by atoms with Gasteiger partial charge in [0, 0.05) is 0 Å². The Bertz CT molecular complexity index is 352. The zero-order valence-corrected chi connectivity index (χ0v) is 11.4. The molecule has 1 rings (SSSR count). The molecule has 1 nitrogen and oxygen atoms in total.